The van der Waals surface area contributed by atoms with Crippen LogP contribution >= 0.6 is 0 Å². The summed E-state index contributed by atoms with van der Waals surface area (Å²) < 4.78 is 4.98. The van der Waals surface area contributed by atoms with Gasteiger partial charge in [0, 0.05) is 13.7 Å². The Morgan fingerprint density at radius 1 is 1.09 bits per heavy atom. The molecule has 0 amide bonds. The molecule has 1 heteroatoms. The summed E-state index contributed by atoms with van der Waals surface area (Å²) in [5.74, 6) is 1.70. The van der Waals surface area contributed by atoms with E-state index in [-0.39, 0.29) is 0 Å². The van der Waals surface area contributed by atoms with Crippen molar-refractivity contribution >= 4 is 0 Å². The highest BCUT2D eigenvalue weighted by atomic mass is 16.5. The minimum absolute atomic E-state index is 0.831. The van der Waals surface area contributed by atoms with Crippen LogP contribution in [0.15, 0.2) is 0 Å². The maximum absolute atomic E-state index is 4.98. The van der Waals surface area contributed by atoms with Crippen molar-refractivity contribution in [3.8, 4) is 0 Å². The third-order valence-electron chi connectivity index (χ3n) is 2.40. The molecule has 0 rings (SSSR count). The summed E-state index contributed by atoms with van der Waals surface area (Å²) in [5.41, 5.74) is 0. The first-order valence-corrected chi connectivity index (χ1v) is 4.67. The molecule has 0 aliphatic heterocycles. The molecule has 0 aromatic carbocycles. The molecular formula is C10H22O. The van der Waals surface area contributed by atoms with Gasteiger partial charge in [0.2, 0.25) is 0 Å². The molecule has 0 aromatic heterocycles. The van der Waals surface area contributed by atoms with Crippen LogP contribution in [0.2, 0.25) is 0 Å². The Labute approximate surface area is 71.1 Å². The molecule has 0 fully saturated rings. The maximum atomic E-state index is 4.98. The van der Waals surface area contributed by atoms with Gasteiger partial charge < -0.3 is 4.74 Å². The zero-order valence-corrected chi connectivity index (χ0v) is 8.39. The minimum Gasteiger partial charge on any atom is -0.385 e. The minimum atomic E-state index is 0.831. The highest BCUT2D eigenvalue weighted by Gasteiger charge is 2.05. The van der Waals surface area contributed by atoms with Gasteiger partial charge in [0.1, 0.15) is 0 Å². The van der Waals surface area contributed by atoms with Crippen molar-refractivity contribution in [1.29, 1.82) is 0 Å². The van der Waals surface area contributed by atoms with Crippen molar-refractivity contribution in [2.75, 3.05) is 13.7 Å². The van der Waals surface area contributed by atoms with Gasteiger partial charge >= 0.3 is 0 Å². The molecule has 0 aliphatic rings. The van der Waals surface area contributed by atoms with Crippen LogP contribution in [-0.2, 0) is 4.74 Å². The van der Waals surface area contributed by atoms with Gasteiger partial charge in [-0.15, -0.1) is 0 Å². The van der Waals surface area contributed by atoms with Gasteiger partial charge in [-0.1, -0.05) is 33.6 Å². The Morgan fingerprint density at radius 3 is 2.18 bits per heavy atom. The second-order valence-corrected chi connectivity index (χ2v) is 3.71. The predicted molar refractivity (Wildman–Crippen MR) is 49.7 cm³/mol. The van der Waals surface area contributed by atoms with Crippen molar-refractivity contribution < 1.29 is 4.74 Å². The fourth-order valence-corrected chi connectivity index (χ4v) is 1.05. The van der Waals surface area contributed by atoms with Crippen LogP contribution in [0.25, 0.3) is 0 Å². The standard InChI is InChI=1S/C10H22O/c1-9(2)10(3)7-5-6-8-11-4/h9-10H,5-8H2,1-4H3. The summed E-state index contributed by atoms with van der Waals surface area (Å²) >= 11 is 0. The van der Waals surface area contributed by atoms with Crippen molar-refractivity contribution in [3.05, 3.63) is 0 Å². The molecule has 1 atom stereocenters. The second-order valence-electron chi connectivity index (χ2n) is 3.71. The normalized spacial score (nSPS) is 13.9. The summed E-state index contributed by atoms with van der Waals surface area (Å²) in [7, 11) is 1.77. The lowest BCUT2D eigenvalue weighted by Gasteiger charge is -2.14. The molecule has 68 valence electrons. The van der Waals surface area contributed by atoms with Crippen molar-refractivity contribution in [3.63, 3.8) is 0 Å². The molecule has 1 unspecified atom stereocenters. The molecule has 0 aliphatic carbocycles. The number of unbranched alkanes of at least 4 members (excludes halogenated alkanes) is 1. The monoisotopic (exact) mass is 158 g/mol. The van der Waals surface area contributed by atoms with Crippen molar-refractivity contribution in [2.45, 2.75) is 40.0 Å². The largest absolute Gasteiger partial charge is 0.385 e. The first kappa shape index (κ1) is 11.0. The Kier molecular flexibility index (Phi) is 6.63. The Bertz CT molecular complexity index is 78.9. The van der Waals surface area contributed by atoms with Crippen LogP contribution in [0, 0.1) is 11.8 Å². The first-order chi connectivity index (χ1) is 5.18. The SMILES string of the molecule is COCCCCC(C)C(C)C. The van der Waals surface area contributed by atoms with Crippen LogP contribution in [-0.4, -0.2) is 13.7 Å². The van der Waals surface area contributed by atoms with Gasteiger partial charge in [0.05, 0.1) is 0 Å². The number of methoxy groups -OCH3 is 1. The number of hydrogen-bond acceptors (Lipinski definition) is 1. The molecule has 0 saturated heterocycles. The quantitative estimate of drug-likeness (QED) is 0.540. The summed E-state index contributed by atoms with van der Waals surface area (Å²) in [4.78, 5) is 0. The first-order valence-electron chi connectivity index (χ1n) is 4.67. The number of hydrogen-bond donors (Lipinski definition) is 0. The molecule has 0 N–H and O–H groups in total. The van der Waals surface area contributed by atoms with E-state index in [9.17, 15) is 0 Å². The average molecular weight is 158 g/mol. The van der Waals surface area contributed by atoms with Gasteiger partial charge in [-0.25, -0.2) is 0 Å². The van der Waals surface area contributed by atoms with Crippen molar-refractivity contribution in [2.24, 2.45) is 11.8 Å². The van der Waals surface area contributed by atoms with E-state index in [1.165, 1.54) is 19.3 Å². The van der Waals surface area contributed by atoms with Crippen molar-refractivity contribution in [1.82, 2.24) is 0 Å². The summed E-state index contributed by atoms with van der Waals surface area (Å²) in [6.07, 6.45) is 3.88. The van der Waals surface area contributed by atoms with E-state index in [0.29, 0.717) is 0 Å². The molecule has 0 spiro atoms. The molecule has 11 heavy (non-hydrogen) atoms. The van der Waals surface area contributed by atoms with Crippen LogP contribution in [0.3, 0.4) is 0 Å². The van der Waals surface area contributed by atoms with E-state index in [2.05, 4.69) is 20.8 Å². The lowest BCUT2D eigenvalue weighted by molar-refractivity contribution is 0.189. The van der Waals surface area contributed by atoms with E-state index in [4.69, 9.17) is 4.74 Å². The molecule has 0 bridgehead atoms. The number of rotatable bonds is 6. The Balaban J connectivity index is 3.10. The zero-order valence-electron chi connectivity index (χ0n) is 8.39. The van der Waals surface area contributed by atoms with E-state index < -0.39 is 0 Å². The lowest BCUT2D eigenvalue weighted by atomic mass is 9.93. The molecule has 1 nitrogen and oxygen atoms in total. The molecule has 0 radical (unpaired) electrons. The topological polar surface area (TPSA) is 9.23 Å². The Hall–Kier alpha value is -0.0400. The fraction of sp³-hybridized carbons (Fsp3) is 1.00. The van der Waals surface area contributed by atoms with E-state index in [1.807, 2.05) is 0 Å². The van der Waals surface area contributed by atoms with Gasteiger partial charge in [0.25, 0.3) is 0 Å². The second kappa shape index (κ2) is 6.66. The number of ether oxygens (including phenoxy) is 1. The molecule has 0 saturated carbocycles. The van der Waals surface area contributed by atoms with Gasteiger partial charge in [0.15, 0.2) is 0 Å². The van der Waals surface area contributed by atoms with E-state index >= 15 is 0 Å². The van der Waals surface area contributed by atoms with Gasteiger partial charge in [-0.3, -0.25) is 0 Å². The molecule has 0 heterocycles. The fourth-order valence-electron chi connectivity index (χ4n) is 1.05. The molecule has 0 aromatic rings. The predicted octanol–water partition coefficient (Wildman–Crippen LogP) is 3.10. The summed E-state index contributed by atoms with van der Waals surface area (Å²) in [6, 6.07) is 0. The smallest absolute Gasteiger partial charge is 0.0462 e. The van der Waals surface area contributed by atoms with Crippen LogP contribution < -0.4 is 0 Å². The third-order valence-corrected chi connectivity index (χ3v) is 2.40. The van der Waals surface area contributed by atoms with Crippen LogP contribution in [0.5, 0.6) is 0 Å². The average Bonchev–Trinajstić information content (AvgIpc) is 1.97. The van der Waals surface area contributed by atoms with E-state index in [1.54, 1.807) is 7.11 Å². The molecular weight excluding hydrogens is 136 g/mol. The van der Waals surface area contributed by atoms with E-state index in [0.717, 1.165) is 18.4 Å². The van der Waals surface area contributed by atoms with Gasteiger partial charge in [-0.2, -0.15) is 0 Å². The Morgan fingerprint density at radius 2 is 1.73 bits per heavy atom. The van der Waals surface area contributed by atoms with Gasteiger partial charge in [-0.05, 0) is 18.3 Å². The summed E-state index contributed by atoms with van der Waals surface area (Å²) in [6.45, 7) is 7.84. The maximum Gasteiger partial charge on any atom is 0.0462 e. The highest BCUT2D eigenvalue weighted by Crippen LogP contribution is 2.16. The third kappa shape index (κ3) is 6.36. The lowest BCUT2D eigenvalue weighted by Crippen LogP contribution is -2.03. The van der Waals surface area contributed by atoms with Crippen LogP contribution in [0.1, 0.15) is 40.0 Å². The highest BCUT2D eigenvalue weighted by molar-refractivity contribution is 4.56. The summed E-state index contributed by atoms with van der Waals surface area (Å²) in [5, 5.41) is 0. The van der Waals surface area contributed by atoms with Crippen LogP contribution in [0.4, 0.5) is 0 Å². The zero-order chi connectivity index (χ0) is 8.69.